The highest BCUT2D eigenvalue weighted by atomic mass is 35.5. The van der Waals surface area contributed by atoms with Crippen LogP contribution in [0.15, 0.2) is 34.1 Å². The monoisotopic (exact) mass is 482 g/mol. The summed E-state index contributed by atoms with van der Waals surface area (Å²) < 4.78 is 0. The van der Waals surface area contributed by atoms with Gasteiger partial charge in [0.15, 0.2) is 0 Å². The van der Waals surface area contributed by atoms with Gasteiger partial charge in [0.2, 0.25) is 0 Å². The molecule has 146 valence electrons. The lowest BCUT2D eigenvalue weighted by Gasteiger charge is -2.35. The first-order valence-electron chi connectivity index (χ1n) is 8.69. The van der Waals surface area contributed by atoms with Gasteiger partial charge >= 0.3 is 0 Å². The van der Waals surface area contributed by atoms with Crippen LogP contribution < -0.4 is 4.90 Å². The van der Waals surface area contributed by atoms with Crippen molar-refractivity contribution in [3.63, 3.8) is 0 Å². The number of hydrogen-bond donors (Lipinski definition) is 0. The van der Waals surface area contributed by atoms with Gasteiger partial charge in [-0.15, -0.1) is 12.4 Å². The fourth-order valence-corrected chi connectivity index (χ4v) is 6.35. The van der Waals surface area contributed by atoms with E-state index in [2.05, 4.69) is 9.80 Å². The number of benzene rings is 2. The minimum atomic E-state index is 0. The summed E-state index contributed by atoms with van der Waals surface area (Å²) in [7, 11) is 0. The minimum Gasteiger partial charge on any atom is -0.337 e. The summed E-state index contributed by atoms with van der Waals surface area (Å²) in [5.41, 5.74) is 1.97. The molecular weight excluding hydrogens is 466 g/mol. The molecule has 2 heterocycles. The maximum Gasteiger partial charge on any atom is 0.0743 e. The zero-order valence-corrected chi connectivity index (χ0v) is 19.1. The molecule has 0 aliphatic carbocycles. The van der Waals surface area contributed by atoms with Crippen LogP contribution in [0.25, 0.3) is 0 Å². The molecule has 2 aromatic carbocycles. The number of nitrogens with zero attached hydrogens (tertiary/aromatic N) is 2. The SMILES string of the molecule is Cl.Clc1cc(Cl)c2c(c1)Sc1cc(Cl)cc(Cl)c1N2CCCN1CCCC1. The quantitative estimate of drug-likeness (QED) is 0.437. The van der Waals surface area contributed by atoms with Gasteiger partial charge in [0.1, 0.15) is 0 Å². The van der Waals surface area contributed by atoms with Crippen LogP contribution in [0.4, 0.5) is 11.4 Å². The Kier molecular flexibility index (Phi) is 7.40. The van der Waals surface area contributed by atoms with E-state index in [1.165, 1.54) is 25.9 Å². The van der Waals surface area contributed by atoms with E-state index in [4.69, 9.17) is 46.4 Å². The summed E-state index contributed by atoms with van der Waals surface area (Å²) in [6.07, 6.45) is 3.66. The number of hydrogen-bond acceptors (Lipinski definition) is 3. The van der Waals surface area contributed by atoms with Crippen molar-refractivity contribution in [1.82, 2.24) is 4.90 Å². The smallest absolute Gasteiger partial charge is 0.0743 e. The van der Waals surface area contributed by atoms with Gasteiger partial charge in [0.25, 0.3) is 0 Å². The molecule has 0 saturated carbocycles. The van der Waals surface area contributed by atoms with Crippen LogP contribution in [0, 0.1) is 0 Å². The van der Waals surface area contributed by atoms with E-state index < -0.39 is 0 Å². The van der Waals surface area contributed by atoms with Gasteiger partial charge in [-0.05, 0) is 63.2 Å². The third-order valence-electron chi connectivity index (χ3n) is 4.80. The molecule has 1 saturated heterocycles. The van der Waals surface area contributed by atoms with Crippen LogP contribution in [0.5, 0.6) is 0 Å². The molecule has 2 aromatic rings. The molecule has 0 radical (unpaired) electrons. The Morgan fingerprint density at radius 1 is 0.778 bits per heavy atom. The Balaban J connectivity index is 0.00000210. The van der Waals surface area contributed by atoms with Crippen molar-refractivity contribution in [3.05, 3.63) is 44.4 Å². The van der Waals surface area contributed by atoms with E-state index in [0.717, 1.165) is 40.7 Å². The molecule has 4 rings (SSSR count). The predicted octanol–water partition coefficient (Wildman–Crippen LogP) is 7.81. The summed E-state index contributed by atoms with van der Waals surface area (Å²) in [5, 5.41) is 2.57. The van der Waals surface area contributed by atoms with Crippen molar-refractivity contribution in [2.45, 2.75) is 29.1 Å². The van der Waals surface area contributed by atoms with Crippen molar-refractivity contribution < 1.29 is 0 Å². The molecule has 0 unspecified atom stereocenters. The zero-order valence-electron chi connectivity index (χ0n) is 14.5. The van der Waals surface area contributed by atoms with E-state index in [9.17, 15) is 0 Å². The third-order valence-corrected chi connectivity index (χ3v) is 6.88. The summed E-state index contributed by atoms with van der Waals surface area (Å²) in [6.45, 7) is 4.34. The van der Waals surface area contributed by atoms with E-state index in [-0.39, 0.29) is 12.4 Å². The first-order chi connectivity index (χ1) is 12.5. The van der Waals surface area contributed by atoms with Gasteiger partial charge in [-0.1, -0.05) is 58.2 Å². The molecule has 27 heavy (non-hydrogen) atoms. The fraction of sp³-hybridized carbons (Fsp3) is 0.368. The molecule has 2 aliphatic rings. The number of fused-ring (bicyclic) bond motifs is 2. The van der Waals surface area contributed by atoms with Crippen LogP contribution in [0.3, 0.4) is 0 Å². The molecule has 2 nitrogen and oxygen atoms in total. The summed E-state index contributed by atoms with van der Waals surface area (Å²) in [6, 6.07) is 7.51. The molecule has 0 aromatic heterocycles. The van der Waals surface area contributed by atoms with Gasteiger partial charge in [0, 0.05) is 26.4 Å². The highest BCUT2D eigenvalue weighted by Crippen LogP contribution is 2.54. The van der Waals surface area contributed by atoms with Crippen molar-refractivity contribution >= 4 is 81.9 Å². The van der Waals surface area contributed by atoms with E-state index in [0.29, 0.717) is 20.1 Å². The lowest BCUT2D eigenvalue weighted by Crippen LogP contribution is -2.27. The highest BCUT2D eigenvalue weighted by Gasteiger charge is 2.28. The minimum absolute atomic E-state index is 0. The van der Waals surface area contributed by atoms with Gasteiger partial charge < -0.3 is 9.80 Å². The highest BCUT2D eigenvalue weighted by molar-refractivity contribution is 7.99. The maximum absolute atomic E-state index is 6.58. The number of anilines is 2. The average molecular weight is 485 g/mol. The van der Waals surface area contributed by atoms with Gasteiger partial charge in [-0.2, -0.15) is 0 Å². The van der Waals surface area contributed by atoms with Crippen LogP contribution >= 0.6 is 70.6 Å². The van der Waals surface area contributed by atoms with E-state index >= 15 is 0 Å². The predicted molar refractivity (Wildman–Crippen MR) is 122 cm³/mol. The third kappa shape index (κ3) is 4.61. The van der Waals surface area contributed by atoms with Crippen LogP contribution in [-0.2, 0) is 0 Å². The molecule has 0 bridgehead atoms. The first-order valence-corrected chi connectivity index (χ1v) is 11.0. The van der Waals surface area contributed by atoms with Crippen LogP contribution in [0.1, 0.15) is 19.3 Å². The number of likely N-dealkylation sites (tertiary alicyclic amines) is 1. The molecule has 0 amide bonds. The summed E-state index contributed by atoms with van der Waals surface area (Å²) in [5.74, 6) is 0. The second-order valence-electron chi connectivity index (χ2n) is 6.62. The second kappa shape index (κ2) is 9.21. The van der Waals surface area contributed by atoms with Crippen molar-refractivity contribution in [1.29, 1.82) is 0 Å². The normalized spacial score (nSPS) is 16.1. The van der Waals surface area contributed by atoms with Gasteiger partial charge in [-0.3, -0.25) is 0 Å². The molecular formula is C19H19Cl5N2S. The standard InChI is InChI=1S/C19H18Cl4N2S.ClH/c20-12-8-14(22)18-16(10-12)26-17-11-13(21)9-15(23)19(17)25(18)7-3-6-24-4-1-2-5-24;/h8-11H,1-7H2;1H. The van der Waals surface area contributed by atoms with Crippen LogP contribution in [0.2, 0.25) is 20.1 Å². The van der Waals surface area contributed by atoms with Crippen molar-refractivity contribution in [2.75, 3.05) is 31.1 Å². The molecule has 8 heteroatoms. The summed E-state index contributed by atoms with van der Waals surface area (Å²) >= 11 is 27.2. The second-order valence-corrected chi connectivity index (χ2v) is 9.40. The van der Waals surface area contributed by atoms with Crippen molar-refractivity contribution in [3.8, 4) is 0 Å². The number of halogens is 5. The Hall–Kier alpha value is -0.000000000000000187. The number of rotatable bonds is 4. The molecule has 0 spiro atoms. The Morgan fingerprint density at radius 2 is 1.30 bits per heavy atom. The largest absolute Gasteiger partial charge is 0.337 e. The molecule has 0 N–H and O–H groups in total. The lowest BCUT2D eigenvalue weighted by atomic mass is 10.2. The Bertz CT molecular complexity index is 782. The van der Waals surface area contributed by atoms with E-state index in [1.807, 2.05) is 12.1 Å². The first kappa shape index (κ1) is 21.7. The molecule has 2 aliphatic heterocycles. The van der Waals surface area contributed by atoms with Gasteiger partial charge in [0.05, 0.1) is 21.4 Å². The van der Waals surface area contributed by atoms with E-state index in [1.54, 1.807) is 23.9 Å². The van der Waals surface area contributed by atoms with Crippen LogP contribution in [-0.4, -0.2) is 31.1 Å². The topological polar surface area (TPSA) is 6.48 Å². The lowest BCUT2D eigenvalue weighted by molar-refractivity contribution is 0.335. The van der Waals surface area contributed by atoms with Crippen molar-refractivity contribution in [2.24, 2.45) is 0 Å². The zero-order chi connectivity index (χ0) is 18.3. The summed E-state index contributed by atoms with van der Waals surface area (Å²) in [4.78, 5) is 6.83. The maximum atomic E-state index is 6.58. The molecule has 1 fully saturated rings. The fourth-order valence-electron chi connectivity index (χ4n) is 3.68. The van der Waals surface area contributed by atoms with Gasteiger partial charge in [-0.25, -0.2) is 0 Å². The average Bonchev–Trinajstić information content (AvgIpc) is 3.06. The Morgan fingerprint density at radius 3 is 1.81 bits per heavy atom. The molecule has 0 atom stereocenters. The Labute approximate surface area is 190 Å².